The number of thioether (sulfide) groups is 1. The van der Waals surface area contributed by atoms with Crippen LogP contribution in [0.5, 0.6) is 5.75 Å². The monoisotopic (exact) mass is 438 g/mol. The predicted octanol–water partition coefficient (Wildman–Crippen LogP) is 2.72. The van der Waals surface area contributed by atoms with E-state index in [1.165, 1.54) is 6.92 Å². The van der Waals surface area contributed by atoms with Crippen LogP contribution in [-0.2, 0) is 14.3 Å². The average Bonchev–Trinajstić information content (AvgIpc) is 2.81. The first-order valence-electron chi connectivity index (χ1n) is 9.43. The molecule has 0 fully saturated rings. The van der Waals surface area contributed by atoms with Gasteiger partial charge in [-0.15, -0.1) is 11.8 Å². The number of anilines is 1. The third-order valence-corrected chi connectivity index (χ3v) is 6.07. The van der Waals surface area contributed by atoms with E-state index in [1.54, 1.807) is 23.8 Å². The van der Waals surface area contributed by atoms with Crippen molar-refractivity contribution in [3.05, 3.63) is 54.1 Å². The summed E-state index contributed by atoms with van der Waals surface area (Å²) < 4.78 is 10.8. The van der Waals surface area contributed by atoms with Gasteiger partial charge in [0.05, 0.1) is 18.0 Å². The number of para-hydroxylation sites is 1. The maximum atomic E-state index is 13.6. The second-order valence-corrected chi connectivity index (χ2v) is 8.29. The van der Waals surface area contributed by atoms with Gasteiger partial charge in [0.2, 0.25) is 0 Å². The molecule has 1 aliphatic heterocycles. The summed E-state index contributed by atoms with van der Waals surface area (Å²) in [4.78, 5) is 30.2. The average molecular weight is 439 g/mol. The van der Waals surface area contributed by atoms with Crippen LogP contribution < -0.4 is 9.64 Å². The number of hydrogen-bond acceptors (Lipinski definition) is 6. The Balaban J connectivity index is 0.00000320. The number of esters is 1. The van der Waals surface area contributed by atoms with Crippen molar-refractivity contribution in [2.45, 2.75) is 23.2 Å². The molecule has 3 rings (SSSR count). The standard InChI is InChI=1S/C22H26N2O4S.Na.H/c1-15(25)28-20-21(16-9-11-17(27-4)12-10-16)29-19-8-6-5-7-18(19)24(22(20)26)14-13-23(2)3;;/h5-12,20-21H,13-14H2,1-4H3;;/t20-,21+;;/m1../s1. The number of rotatable bonds is 6. The van der Waals surface area contributed by atoms with E-state index in [0.29, 0.717) is 13.1 Å². The summed E-state index contributed by atoms with van der Waals surface area (Å²) in [5.41, 5.74) is 1.75. The van der Waals surface area contributed by atoms with E-state index >= 15 is 0 Å². The number of likely N-dealkylation sites (N-methyl/N-ethyl adjacent to an activating group) is 1. The Labute approximate surface area is 204 Å². The molecule has 0 bridgehead atoms. The molecule has 156 valence electrons. The molecular weight excluding hydrogens is 411 g/mol. The molecule has 0 aliphatic carbocycles. The number of fused-ring (bicyclic) bond motifs is 1. The predicted molar refractivity (Wildman–Crippen MR) is 122 cm³/mol. The summed E-state index contributed by atoms with van der Waals surface area (Å²) in [7, 11) is 5.54. The van der Waals surface area contributed by atoms with Crippen molar-refractivity contribution >= 4 is 58.9 Å². The van der Waals surface area contributed by atoms with Crippen LogP contribution in [0, 0.1) is 0 Å². The molecule has 0 aromatic heterocycles. The fourth-order valence-electron chi connectivity index (χ4n) is 3.24. The molecule has 6 nitrogen and oxygen atoms in total. The van der Waals surface area contributed by atoms with Crippen LogP contribution in [0.2, 0.25) is 0 Å². The zero-order valence-corrected chi connectivity index (χ0v) is 17.9. The number of carbonyl (C=O) groups excluding carboxylic acids is 2. The minimum atomic E-state index is -0.916. The van der Waals surface area contributed by atoms with E-state index in [2.05, 4.69) is 0 Å². The van der Waals surface area contributed by atoms with Gasteiger partial charge in [0.1, 0.15) is 5.75 Å². The van der Waals surface area contributed by atoms with Crippen molar-refractivity contribution in [3.8, 4) is 5.75 Å². The van der Waals surface area contributed by atoms with E-state index in [4.69, 9.17) is 9.47 Å². The van der Waals surface area contributed by atoms with Gasteiger partial charge in [-0.3, -0.25) is 9.59 Å². The van der Waals surface area contributed by atoms with Crippen molar-refractivity contribution in [2.75, 3.05) is 39.2 Å². The molecule has 8 heteroatoms. The molecule has 1 aliphatic rings. The van der Waals surface area contributed by atoms with Gasteiger partial charge in [-0.1, -0.05) is 24.3 Å². The van der Waals surface area contributed by atoms with E-state index in [1.807, 2.05) is 67.5 Å². The Bertz CT molecular complexity index is 876. The van der Waals surface area contributed by atoms with Crippen molar-refractivity contribution in [1.29, 1.82) is 0 Å². The minimum absolute atomic E-state index is 0. The van der Waals surface area contributed by atoms with Crippen molar-refractivity contribution in [3.63, 3.8) is 0 Å². The normalized spacial score (nSPS) is 18.3. The van der Waals surface area contributed by atoms with Crippen LogP contribution in [0.25, 0.3) is 0 Å². The molecule has 2 aromatic carbocycles. The quantitative estimate of drug-likeness (QED) is 0.511. The zero-order valence-electron chi connectivity index (χ0n) is 17.1. The molecule has 1 heterocycles. The van der Waals surface area contributed by atoms with Gasteiger partial charge in [0, 0.05) is 24.9 Å². The summed E-state index contributed by atoms with van der Waals surface area (Å²) in [6, 6.07) is 15.4. The fourth-order valence-corrected chi connectivity index (χ4v) is 4.56. The van der Waals surface area contributed by atoms with Crippen molar-refractivity contribution < 1.29 is 19.1 Å². The van der Waals surface area contributed by atoms with Crippen LogP contribution in [0.1, 0.15) is 17.7 Å². The maximum absolute atomic E-state index is 13.6. The summed E-state index contributed by atoms with van der Waals surface area (Å²) in [6.07, 6.45) is -0.916. The second kappa shape index (κ2) is 11.2. The second-order valence-electron chi connectivity index (χ2n) is 7.10. The molecule has 2 aromatic rings. The van der Waals surface area contributed by atoms with Crippen LogP contribution in [0.15, 0.2) is 53.4 Å². The van der Waals surface area contributed by atoms with Gasteiger partial charge >= 0.3 is 35.5 Å². The number of ether oxygens (including phenoxy) is 2. The molecule has 1 amide bonds. The molecule has 0 spiro atoms. The van der Waals surface area contributed by atoms with Gasteiger partial charge in [0.15, 0.2) is 6.10 Å². The van der Waals surface area contributed by atoms with Crippen molar-refractivity contribution in [1.82, 2.24) is 4.90 Å². The van der Waals surface area contributed by atoms with Gasteiger partial charge in [-0.05, 0) is 43.9 Å². The molecule has 0 saturated heterocycles. The Hall–Kier alpha value is -1.51. The summed E-state index contributed by atoms with van der Waals surface area (Å²) in [6.45, 7) is 2.55. The number of methoxy groups -OCH3 is 1. The summed E-state index contributed by atoms with van der Waals surface area (Å²) in [5.74, 6) is 0.0528. The van der Waals surface area contributed by atoms with E-state index in [-0.39, 0.29) is 40.7 Å². The first-order chi connectivity index (χ1) is 13.9. The molecule has 0 unspecified atom stereocenters. The first kappa shape index (κ1) is 24.8. The number of carbonyl (C=O) groups is 2. The third kappa shape index (κ3) is 5.80. The molecule has 0 saturated carbocycles. The summed E-state index contributed by atoms with van der Waals surface area (Å²) in [5, 5.41) is -0.359. The fraction of sp³-hybridized carbons (Fsp3) is 0.364. The first-order valence-corrected chi connectivity index (χ1v) is 10.3. The summed E-state index contributed by atoms with van der Waals surface area (Å²) >= 11 is 1.54. The van der Waals surface area contributed by atoms with Crippen LogP contribution >= 0.6 is 11.8 Å². The Morgan fingerprint density at radius 1 is 1.13 bits per heavy atom. The van der Waals surface area contributed by atoms with Gasteiger partial charge < -0.3 is 19.3 Å². The third-order valence-electron chi connectivity index (χ3n) is 4.70. The SMILES string of the molecule is COc1ccc([C@@H]2Sc3ccccc3N(CCN(C)C)C(=O)[C@@H]2OC(C)=O)cc1.[NaH]. The molecular formula is C22H27N2NaO4S. The topological polar surface area (TPSA) is 59.1 Å². The molecule has 0 N–H and O–H groups in total. The van der Waals surface area contributed by atoms with Gasteiger partial charge in [0.25, 0.3) is 5.91 Å². The van der Waals surface area contributed by atoms with E-state index in [9.17, 15) is 9.59 Å². The van der Waals surface area contributed by atoms with Crippen LogP contribution in [0.4, 0.5) is 5.69 Å². The zero-order chi connectivity index (χ0) is 21.0. The number of nitrogens with zero attached hydrogens (tertiary/aromatic N) is 2. The molecule has 30 heavy (non-hydrogen) atoms. The van der Waals surface area contributed by atoms with Crippen molar-refractivity contribution in [2.24, 2.45) is 0 Å². The van der Waals surface area contributed by atoms with Crippen LogP contribution in [0.3, 0.4) is 0 Å². The Kier molecular flexibility index (Phi) is 9.25. The van der Waals surface area contributed by atoms with E-state index in [0.717, 1.165) is 21.9 Å². The van der Waals surface area contributed by atoms with E-state index < -0.39 is 12.1 Å². The number of hydrogen-bond donors (Lipinski definition) is 0. The Morgan fingerprint density at radius 3 is 2.40 bits per heavy atom. The molecule has 0 radical (unpaired) electrons. The number of amides is 1. The van der Waals surface area contributed by atoms with Gasteiger partial charge in [-0.2, -0.15) is 0 Å². The van der Waals surface area contributed by atoms with Crippen LogP contribution in [-0.4, -0.2) is 86.7 Å². The molecule has 2 atom stereocenters. The van der Waals surface area contributed by atoms with Gasteiger partial charge in [-0.25, -0.2) is 0 Å². The Morgan fingerprint density at radius 2 is 1.80 bits per heavy atom. The number of benzene rings is 2.